The lowest BCUT2D eigenvalue weighted by Crippen LogP contribution is -2.19. The number of nitrogens with one attached hydrogen (secondary N) is 2. The van der Waals surface area contributed by atoms with Crippen LogP contribution in [0.2, 0.25) is 0 Å². The Bertz CT molecular complexity index is 1450. The van der Waals surface area contributed by atoms with Crippen molar-refractivity contribution < 1.29 is 9.53 Å². The van der Waals surface area contributed by atoms with Gasteiger partial charge in [-0.3, -0.25) is 0 Å². The van der Waals surface area contributed by atoms with Crippen molar-refractivity contribution in [3.8, 4) is 23.0 Å². The third-order valence-corrected chi connectivity index (χ3v) is 5.20. The zero-order valence-electron chi connectivity index (χ0n) is 18.5. The van der Waals surface area contributed by atoms with Crippen LogP contribution in [-0.2, 0) is 0 Å². The van der Waals surface area contributed by atoms with E-state index in [4.69, 9.17) is 14.7 Å². The van der Waals surface area contributed by atoms with Gasteiger partial charge < -0.3 is 15.4 Å². The molecular weight excluding hydrogens is 424 g/mol. The van der Waals surface area contributed by atoms with Crippen LogP contribution in [0.25, 0.3) is 22.3 Å². The first-order valence-electron chi connectivity index (χ1n) is 10.9. The van der Waals surface area contributed by atoms with Crippen LogP contribution < -0.4 is 15.4 Å². The van der Waals surface area contributed by atoms with E-state index in [1.54, 1.807) is 0 Å². The van der Waals surface area contributed by atoms with Gasteiger partial charge >= 0.3 is 6.03 Å². The van der Waals surface area contributed by atoms with Gasteiger partial charge in [0.05, 0.1) is 10.9 Å². The molecule has 5 aromatic rings. The zero-order chi connectivity index (χ0) is 23.3. The molecule has 5 rings (SSSR count). The number of carbonyl (C=O) groups is 1. The normalized spacial score (nSPS) is 10.6. The molecular formula is C28H22N4O2. The Hall–Kier alpha value is -4.71. The summed E-state index contributed by atoms with van der Waals surface area (Å²) in [5.41, 5.74) is 4.10. The van der Waals surface area contributed by atoms with Gasteiger partial charge in [-0.2, -0.15) is 4.98 Å². The van der Waals surface area contributed by atoms with Gasteiger partial charge in [0.1, 0.15) is 5.75 Å². The third-order valence-electron chi connectivity index (χ3n) is 5.20. The van der Waals surface area contributed by atoms with Crippen LogP contribution in [0.3, 0.4) is 0 Å². The van der Waals surface area contributed by atoms with E-state index >= 15 is 0 Å². The van der Waals surface area contributed by atoms with Gasteiger partial charge in [0.2, 0.25) is 5.88 Å². The van der Waals surface area contributed by atoms with Crippen LogP contribution >= 0.6 is 0 Å². The summed E-state index contributed by atoms with van der Waals surface area (Å²) in [5, 5.41) is 6.47. The Kier molecular flexibility index (Phi) is 5.86. The number of anilines is 2. The zero-order valence-corrected chi connectivity index (χ0v) is 18.5. The van der Waals surface area contributed by atoms with Gasteiger partial charge in [0.25, 0.3) is 0 Å². The first kappa shape index (κ1) is 21.2. The second kappa shape index (κ2) is 9.42. The van der Waals surface area contributed by atoms with Crippen LogP contribution in [0.5, 0.6) is 11.6 Å². The fraction of sp³-hybridized carbons (Fsp3) is 0.0357. The minimum Gasteiger partial charge on any atom is -0.438 e. The maximum Gasteiger partial charge on any atom is 0.323 e. The molecule has 1 aromatic heterocycles. The first-order chi connectivity index (χ1) is 16.6. The molecule has 2 N–H and O–H groups in total. The number of para-hydroxylation sites is 2. The standard InChI is InChI=1S/C28H22N4O2/c1-19-8-7-11-23(18-19)34-27-24-12-5-6-13-25(24)31-26(32-27)20-14-16-22(17-15-20)30-28(33)29-21-9-3-2-4-10-21/h2-18H,1H3,(H2,29,30,33). The summed E-state index contributed by atoms with van der Waals surface area (Å²) in [4.78, 5) is 21.7. The molecule has 0 atom stereocenters. The molecule has 0 radical (unpaired) electrons. The van der Waals surface area contributed by atoms with E-state index in [0.29, 0.717) is 17.4 Å². The number of amides is 2. The summed E-state index contributed by atoms with van der Waals surface area (Å²) in [6.07, 6.45) is 0. The smallest absolute Gasteiger partial charge is 0.323 e. The fourth-order valence-electron chi connectivity index (χ4n) is 3.56. The number of aryl methyl sites for hydroxylation is 1. The Morgan fingerprint density at radius 2 is 1.44 bits per heavy atom. The van der Waals surface area contributed by atoms with Crippen LogP contribution in [0.15, 0.2) is 103 Å². The van der Waals surface area contributed by atoms with Crippen LogP contribution in [0.1, 0.15) is 5.56 Å². The molecule has 0 unspecified atom stereocenters. The van der Waals surface area contributed by atoms with E-state index in [1.165, 1.54) is 0 Å². The van der Waals surface area contributed by atoms with E-state index in [2.05, 4.69) is 10.6 Å². The van der Waals surface area contributed by atoms with Gasteiger partial charge in [0.15, 0.2) is 5.82 Å². The Morgan fingerprint density at radius 3 is 2.21 bits per heavy atom. The van der Waals surface area contributed by atoms with Gasteiger partial charge in [-0.15, -0.1) is 0 Å². The molecule has 2 amide bonds. The number of carbonyl (C=O) groups excluding carboxylic acids is 1. The molecule has 6 nitrogen and oxygen atoms in total. The molecule has 0 fully saturated rings. The lowest BCUT2D eigenvalue weighted by Gasteiger charge is -2.11. The lowest BCUT2D eigenvalue weighted by molar-refractivity contribution is 0.262. The predicted molar refractivity (Wildman–Crippen MR) is 135 cm³/mol. The van der Waals surface area contributed by atoms with Gasteiger partial charge in [-0.1, -0.05) is 42.5 Å². The number of rotatable bonds is 5. The highest BCUT2D eigenvalue weighted by Gasteiger charge is 2.12. The number of urea groups is 1. The predicted octanol–water partition coefficient (Wildman–Crippen LogP) is 7.04. The van der Waals surface area contributed by atoms with E-state index < -0.39 is 0 Å². The van der Waals surface area contributed by atoms with Crippen LogP contribution in [0.4, 0.5) is 16.2 Å². The van der Waals surface area contributed by atoms with E-state index in [-0.39, 0.29) is 6.03 Å². The van der Waals surface area contributed by atoms with Crippen molar-refractivity contribution in [3.63, 3.8) is 0 Å². The number of aromatic nitrogens is 2. The second-order valence-corrected chi connectivity index (χ2v) is 7.81. The summed E-state index contributed by atoms with van der Waals surface area (Å²) in [6, 6.07) is 32.0. The topological polar surface area (TPSA) is 76.1 Å². The highest BCUT2D eigenvalue weighted by molar-refractivity contribution is 5.99. The average Bonchev–Trinajstić information content (AvgIpc) is 2.85. The maximum absolute atomic E-state index is 12.3. The molecule has 0 saturated heterocycles. The van der Waals surface area contributed by atoms with E-state index in [1.807, 2.05) is 110 Å². The molecule has 4 aromatic carbocycles. The van der Waals surface area contributed by atoms with Crippen molar-refractivity contribution in [2.24, 2.45) is 0 Å². The minimum atomic E-state index is -0.310. The number of benzene rings is 4. The van der Waals surface area contributed by atoms with Crippen molar-refractivity contribution >= 4 is 28.3 Å². The first-order valence-corrected chi connectivity index (χ1v) is 10.9. The van der Waals surface area contributed by atoms with Crippen molar-refractivity contribution in [1.29, 1.82) is 0 Å². The molecule has 6 heteroatoms. The quantitative estimate of drug-likeness (QED) is 0.303. The molecule has 1 heterocycles. The average molecular weight is 447 g/mol. The van der Waals surface area contributed by atoms with Gasteiger partial charge in [-0.05, 0) is 73.2 Å². The van der Waals surface area contributed by atoms with Crippen LogP contribution in [0, 0.1) is 6.92 Å². The molecule has 0 aliphatic heterocycles. The number of hydrogen-bond acceptors (Lipinski definition) is 4. The monoisotopic (exact) mass is 446 g/mol. The molecule has 0 aliphatic carbocycles. The third kappa shape index (κ3) is 4.86. The second-order valence-electron chi connectivity index (χ2n) is 7.81. The summed E-state index contributed by atoms with van der Waals surface area (Å²) in [7, 11) is 0. The minimum absolute atomic E-state index is 0.310. The van der Waals surface area contributed by atoms with Gasteiger partial charge in [-0.25, -0.2) is 9.78 Å². The molecule has 34 heavy (non-hydrogen) atoms. The Balaban J connectivity index is 1.40. The molecule has 166 valence electrons. The number of ether oxygens (including phenoxy) is 1. The summed E-state index contributed by atoms with van der Waals surface area (Å²) < 4.78 is 6.15. The number of hydrogen-bond donors (Lipinski definition) is 2. The Labute approximate surface area is 197 Å². The highest BCUT2D eigenvalue weighted by Crippen LogP contribution is 2.30. The summed E-state index contributed by atoms with van der Waals surface area (Å²) >= 11 is 0. The Morgan fingerprint density at radius 1 is 0.735 bits per heavy atom. The maximum atomic E-state index is 12.3. The molecule has 0 aliphatic rings. The van der Waals surface area contributed by atoms with Crippen molar-refractivity contribution in [2.75, 3.05) is 10.6 Å². The SMILES string of the molecule is Cc1cccc(Oc2nc(-c3ccc(NC(=O)Nc4ccccc4)cc3)nc3ccccc23)c1. The molecule has 0 bridgehead atoms. The van der Waals surface area contributed by atoms with Crippen molar-refractivity contribution in [2.45, 2.75) is 6.92 Å². The summed E-state index contributed by atoms with van der Waals surface area (Å²) in [6.45, 7) is 2.02. The van der Waals surface area contributed by atoms with Crippen molar-refractivity contribution in [3.05, 3.63) is 109 Å². The van der Waals surface area contributed by atoms with E-state index in [9.17, 15) is 4.79 Å². The number of fused-ring (bicyclic) bond motifs is 1. The highest BCUT2D eigenvalue weighted by atomic mass is 16.5. The largest absolute Gasteiger partial charge is 0.438 e. The molecule has 0 saturated carbocycles. The number of nitrogens with zero attached hydrogens (tertiary/aromatic N) is 2. The van der Waals surface area contributed by atoms with E-state index in [0.717, 1.165) is 33.5 Å². The van der Waals surface area contributed by atoms with Gasteiger partial charge in [0, 0.05) is 16.9 Å². The van der Waals surface area contributed by atoms with Crippen LogP contribution in [-0.4, -0.2) is 16.0 Å². The van der Waals surface area contributed by atoms with Crippen molar-refractivity contribution in [1.82, 2.24) is 9.97 Å². The lowest BCUT2D eigenvalue weighted by atomic mass is 10.1. The fourth-order valence-corrected chi connectivity index (χ4v) is 3.56. The molecule has 0 spiro atoms. The summed E-state index contributed by atoms with van der Waals surface area (Å²) in [5.74, 6) is 1.76.